The van der Waals surface area contributed by atoms with Crippen LogP contribution in [-0.4, -0.2) is 11.2 Å². The van der Waals surface area contributed by atoms with Crippen LogP contribution in [0.3, 0.4) is 0 Å². The number of rotatable bonds is 35. The predicted molar refractivity (Wildman–Crippen MR) is 222 cm³/mol. The first-order valence-electron chi connectivity index (χ1n) is 22.3. The average molecular weight is 677 g/mol. The second-order valence-electron chi connectivity index (χ2n) is 15.9. The zero-order chi connectivity index (χ0) is 35.0. The Kier molecular flexibility index (Phi) is 27.7. The summed E-state index contributed by atoms with van der Waals surface area (Å²) in [5.74, 6) is 0. The van der Waals surface area contributed by atoms with Crippen molar-refractivity contribution in [3.63, 3.8) is 0 Å². The molecule has 0 atom stereocenters. The van der Waals surface area contributed by atoms with Gasteiger partial charge in [-0.1, -0.05) is 206 Å². The molecule has 0 aliphatic carbocycles. The number of aryl methyl sites for hydroxylation is 1. The molecule has 1 N–H and O–H groups in total. The minimum absolute atomic E-state index is 1.16. The van der Waals surface area contributed by atoms with Crippen LogP contribution in [0.4, 0.5) is 0 Å². The zero-order valence-corrected chi connectivity index (χ0v) is 33.7. The molecule has 2 heterocycles. The zero-order valence-electron chi connectivity index (χ0n) is 33.7. The van der Waals surface area contributed by atoms with Gasteiger partial charge in [0.15, 0.2) is 0 Å². The fourth-order valence-electron chi connectivity index (χ4n) is 7.73. The van der Waals surface area contributed by atoms with Gasteiger partial charge in [0.2, 0.25) is 0 Å². The molecule has 1 aliphatic rings. The molecule has 1 aromatic rings. The van der Waals surface area contributed by atoms with Crippen LogP contribution in [0.2, 0.25) is 0 Å². The number of aliphatic imine (C=N–C) groups is 1. The lowest BCUT2D eigenvalue weighted by Crippen LogP contribution is -1.89. The van der Waals surface area contributed by atoms with Crippen molar-refractivity contribution in [2.45, 2.75) is 246 Å². The van der Waals surface area contributed by atoms with Crippen molar-refractivity contribution in [3.8, 4) is 0 Å². The van der Waals surface area contributed by atoms with Gasteiger partial charge in [0.05, 0.1) is 5.70 Å². The summed E-state index contributed by atoms with van der Waals surface area (Å²) in [6.45, 7) is 9.17. The Balaban J connectivity index is 1.46. The summed E-state index contributed by atoms with van der Waals surface area (Å²) in [5, 5.41) is 0. The molecule has 0 saturated carbocycles. The van der Waals surface area contributed by atoms with Crippen molar-refractivity contribution in [2.75, 3.05) is 0 Å². The summed E-state index contributed by atoms with van der Waals surface area (Å²) in [7, 11) is 0. The van der Waals surface area contributed by atoms with E-state index in [1.165, 1.54) is 246 Å². The van der Waals surface area contributed by atoms with E-state index in [-0.39, 0.29) is 0 Å². The molecule has 0 spiro atoms. The molecular formula is C47H84N2. The highest BCUT2D eigenvalue weighted by Crippen LogP contribution is 2.28. The highest BCUT2D eigenvalue weighted by Gasteiger charge is 2.13. The van der Waals surface area contributed by atoms with Crippen molar-refractivity contribution in [1.29, 1.82) is 0 Å². The minimum atomic E-state index is 1.16. The molecule has 0 bridgehead atoms. The molecule has 2 rings (SSSR count). The molecule has 1 aliphatic heterocycles. The fraction of sp³-hybridized carbons (Fsp3) is 0.809. The first kappa shape index (κ1) is 43.6. The Hall–Kier alpha value is -1.57. The van der Waals surface area contributed by atoms with Gasteiger partial charge in [-0.2, -0.15) is 0 Å². The van der Waals surface area contributed by atoms with Crippen LogP contribution >= 0.6 is 0 Å². The highest BCUT2D eigenvalue weighted by atomic mass is 14.8. The van der Waals surface area contributed by atoms with E-state index in [0.29, 0.717) is 0 Å². The molecule has 49 heavy (non-hydrogen) atoms. The third kappa shape index (κ3) is 22.1. The number of unbranched alkanes of at least 4 members (excludes halogenated alkanes) is 30. The number of aromatic nitrogens is 1. The Labute approximate surface area is 307 Å². The van der Waals surface area contributed by atoms with E-state index in [1.807, 2.05) is 0 Å². The van der Waals surface area contributed by atoms with Gasteiger partial charge >= 0.3 is 0 Å². The second kappa shape index (κ2) is 31.2. The van der Waals surface area contributed by atoms with Crippen LogP contribution in [0.25, 0.3) is 6.08 Å². The van der Waals surface area contributed by atoms with E-state index in [0.717, 1.165) is 5.70 Å². The summed E-state index contributed by atoms with van der Waals surface area (Å²) in [6.07, 6.45) is 54.8. The first-order chi connectivity index (χ1) is 24.2. The molecule has 2 nitrogen and oxygen atoms in total. The SMILES string of the molecule is CCCCCCCCCCCCCCCCCCC1=C(C)/C(=C/c2[nH]cc(CCCCCCCCCCCCCCCCCC)c2C)N=C1. The van der Waals surface area contributed by atoms with Gasteiger partial charge in [-0.3, -0.25) is 4.99 Å². The fourth-order valence-corrected chi connectivity index (χ4v) is 7.73. The van der Waals surface area contributed by atoms with E-state index in [4.69, 9.17) is 4.99 Å². The van der Waals surface area contributed by atoms with Crippen LogP contribution < -0.4 is 0 Å². The van der Waals surface area contributed by atoms with Gasteiger partial charge in [-0.25, -0.2) is 0 Å². The molecule has 0 saturated heterocycles. The quantitative estimate of drug-likeness (QED) is 0.0693. The molecule has 0 aromatic carbocycles. The number of aromatic amines is 1. The summed E-state index contributed by atoms with van der Waals surface area (Å²) < 4.78 is 0. The second-order valence-corrected chi connectivity index (χ2v) is 15.9. The van der Waals surface area contributed by atoms with Crippen molar-refractivity contribution < 1.29 is 0 Å². The van der Waals surface area contributed by atoms with Gasteiger partial charge in [0, 0.05) is 18.1 Å². The number of nitrogens with one attached hydrogen (secondary N) is 1. The smallest absolute Gasteiger partial charge is 0.0682 e. The van der Waals surface area contributed by atoms with Crippen LogP contribution in [0.15, 0.2) is 28.0 Å². The predicted octanol–water partition coefficient (Wildman–Crippen LogP) is 16.5. The molecule has 1 aromatic heterocycles. The monoisotopic (exact) mass is 677 g/mol. The molecule has 0 fully saturated rings. The van der Waals surface area contributed by atoms with Crippen LogP contribution in [0.5, 0.6) is 0 Å². The Bertz CT molecular complexity index is 992. The van der Waals surface area contributed by atoms with Crippen LogP contribution in [-0.2, 0) is 6.42 Å². The standard InChI is InChI=1S/C47H84N2/c1-5-7-9-11-13-15-17-19-21-23-25-27-29-31-33-35-37-44-40-48-46(42(44)3)39-47-43(4)45(41-49-47)38-36-34-32-30-28-26-24-22-20-18-16-14-12-10-8-6-2/h39-41,48H,5-38H2,1-4H3/b47-39-. The Morgan fingerprint density at radius 3 is 1.20 bits per heavy atom. The van der Waals surface area contributed by atoms with Crippen molar-refractivity contribution in [1.82, 2.24) is 4.98 Å². The van der Waals surface area contributed by atoms with Gasteiger partial charge in [0.1, 0.15) is 0 Å². The van der Waals surface area contributed by atoms with E-state index in [1.54, 1.807) is 0 Å². The van der Waals surface area contributed by atoms with E-state index >= 15 is 0 Å². The normalized spacial score (nSPS) is 13.9. The Morgan fingerprint density at radius 2 is 0.816 bits per heavy atom. The summed E-state index contributed by atoms with van der Waals surface area (Å²) >= 11 is 0. The molecule has 2 heteroatoms. The minimum Gasteiger partial charge on any atom is -0.361 e. The number of nitrogens with zero attached hydrogens (tertiary/aromatic N) is 1. The number of hydrogen-bond acceptors (Lipinski definition) is 1. The highest BCUT2D eigenvalue weighted by molar-refractivity contribution is 5.87. The van der Waals surface area contributed by atoms with Gasteiger partial charge in [0.25, 0.3) is 0 Å². The molecule has 0 unspecified atom stereocenters. The molecular weight excluding hydrogens is 593 g/mol. The van der Waals surface area contributed by atoms with Crippen molar-refractivity contribution >= 4 is 12.3 Å². The number of hydrogen-bond donors (Lipinski definition) is 1. The molecule has 0 amide bonds. The average Bonchev–Trinajstić information content (AvgIpc) is 3.64. The van der Waals surface area contributed by atoms with E-state index in [9.17, 15) is 0 Å². The van der Waals surface area contributed by atoms with E-state index in [2.05, 4.69) is 51.2 Å². The Morgan fingerprint density at radius 1 is 0.469 bits per heavy atom. The number of allylic oxidation sites excluding steroid dienone is 2. The number of H-pyrrole nitrogens is 1. The lowest BCUT2D eigenvalue weighted by molar-refractivity contribution is 0.529. The van der Waals surface area contributed by atoms with Crippen molar-refractivity contribution in [2.24, 2.45) is 4.99 Å². The third-order valence-electron chi connectivity index (χ3n) is 11.4. The summed E-state index contributed by atoms with van der Waals surface area (Å²) in [4.78, 5) is 8.40. The molecule has 0 radical (unpaired) electrons. The van der Waals surface area contributed by atoms with Crippen molar-refractivity contribution in [3.05, 3.63) is 39.9 Å². The van der Waals surface area contributed by atoms with Gasteiger partial charge < -0.3 is 4.98 Å². The molecule has 282 valence electrons. The largest absolute Gasteiger partial charge is 0.361 e. The van der Waals surface area contributed by atoms with Crippen LogP contribution in [0.1, 0.15) is 249 Å². The van der Waals surface area contributed by atoms with Gasteiger partial charge in [-0.05, 0) is 67.9 Å². The lowest BCUT2D eigenvalue weighted by atomic mass is 10.0. The maximum atomic E-state index is 4.83. The lowest BCUT2D eigenvalue weighted by Gasteiger charge is -2.05. The summed E-state index contributed by atoms with van der Waals surface area (Å²) in [6, 6.07) is 0. The topological polar surface area (TPSA) is 28.1 Å². The summed E-state index contributed by atoms with van der Waals surface area (Å²) in [5.41, 5.74) is 8.16. The van der Waals surface area contributed by atoms with Crippen LogP contribution in [0, 0.1) is 6.92 Å². The maximum Gasteiger partial charge on any atom is 0.0682 e. The third-order valence-corrected chi connectivity index (χ3v) is 11.4. The van der Waals surface area contributed by atoms with Gasteiger partial charge in [-0.15, -0.1) is 0 Å². The van der Waals surface area contributed by atoms with E-state index < -0.39 is 0 Å². The maximum absolute atomic E-state index is 4.83. The first-order valence-corrected chi connectivity index (χ1v) is 22.3.